The molecule has 0 spiro atoms. The van der Waals surface area contributed by atoms with E-state index in [-0.39, 0.29) is 12.3 Å². The number of carbonyl (C=O) groups is 1. The minimum atomic E-state index is -0.577. The number of hydrogen-bond donors (Lipinski definition) is 1. The minimum absolute atomic E-state index is 0.113. The van der Waals surface area contributed by atoms with Gasteiger partial charge >= 0.3 is 11.7 Å². The van der Waals surface area contributed by atoms with Gasteiger partial charge in [-0.05, 0) is 19.1 Å². The number of aromatic amines is 1. The number of hydrogen-bond acceptors (Lipinski definition) is 6. The van der Waals surface area contributed by atoms with E-state index >= 15 is 0 Å². The Morgan fingerprint density at radius 1 is 1.10 bits per heavy atom. The first-order valence-electron chi connectivity index (χ1n) is 9.56. The number of pyridine rings is 1. The van der Waals surface area contributed by atoms with Gasteiger partial charge in [0, 0.05) is 18.7 Å². The van der Waals surface area contributed by atoms with Crippen molar-refractivity contribution in [3.8, 4) is 17.1 Å². The number of benzene rings is 1. The quantitative estimate of drug-likeness (QED) is 0.668. The number of esters is 1. The molecule has 3 heterocycles. The standard InChI is InChI=1S/C21H22N4O4/c1-2-29-20(26)18-19(15-7-4-3-5-8-15)25(21(27)23-18)17-10-6-9-16(22-17)24-11-13-28-14-12-24/h3-10H,2,11-14H2,1H3,(H,23,27). The molecule has 1 aliphatic heterocycles. The second-order valence-electron chi connectivity index (χ2n) is 6.53. The monoisotopic (exact) mass is 394 g/mol. The van der Waals surface area contributed by atoms with Crippen molar-refractivity contribution >= 4 is 11.8 Å². The van der Waals surface area contributed by atoms with Gasteiger partial charge < -0.3 is 14.4 Å². The molecule has 3 aromatic rings. The topological polar surface area (TPSA) is 89.5 Å². The Kier molecular flexibility index (Phi) is 5.44. The molecule has 1 aromatic carbocycles. The third-order valence-corrected chi connectivity index (χ3v) is 4.71. The number of aromatic nitrogens is 3. The van der Waals surface area contributed by atoms with Gasteiger partial charge in [-0.2, -0.15) is 0 Å². The van der Waals surface area contributed by atoms with Gasteiger partial charge in [-0.15, -0.1) is 0 Å². The lowest BCUT2D eigenvalue weighted by Gasteiger charge is -2.28. The predicted octanol–water partition coefficient (Wildman–Crippen LogP) is 2.24. The highest BCUT2D eigenvalue weighted by molar-refractivity contribution is 5.94. The molecule has 4 rings (SSSR count). The van der Waals surface area contributed by atoms with Crippen molar-refractivity contribution in [2.45, 2.75) is 6.92 Å². The maximum Gasteiger partial charge on any atom is 0.357 e. The summed E-state index contributed by atoms with van der Waals surface area (Å²) in [7, 11) is 0. The Balaban J connectivity index is 1.86. The van der Waals surface area contributed by atoms with Crippen molar-refractivity contribution in [1.29, 1.82) is 0 Å². The maximum absolute atomic E-state index is 12.9. The Bertz CT molecular complexity index is 1050. The summed E-state index contributed by atoms with van der Waals surface area (Å²) in [4.78, 5) is 34.8. The molecular formula is C21H22N4O4. The fraction of sp³-hybridized carbons (Fsp3) is 0.286. The van der Waals surface area contributed by atoms with Crippen LogP contribution in [0.5, 0.6) is 0 Å². The van der Waals surface area contributed by atoms with Crippen LogP contribution in [0.2, 0.25) is 0 Å². The maximum atomic E-state index is 12.9. The molecule has 8 heteroatoms. The second kappa shape index (κ2) is 8.32. The van der Waals surface area contributed by atoms with Gasteiger partial charge in [0.05, 0.1) is 25.5 Å². The molecule has 29 heavy (non-hydrogen) atoms. The second-order valence-corrected chi connectivity index (χ2v) is 6.53. The lowest BCUT2D eigenvalue weighted by atomic mass is 10.1. The molecule has 1 N–H and O–H groups in total. The lowest BCUT2D eigenvalue weighted by Crippen LogP contribution is -2.36. The average molecular weight is 394 g/mol. The third kappa shape index (κ3) is 3.79. The van der Waals surface area contributed by atoms with Crippen LogP contribution in [0.3, 0.4) is 0 Å². The first-order chi connectivity index (χ1) is 14.2. The van der Waals surface area contributed by atoms with Crippen molar-refractivity contribution in [1.82, 2.24) is 14.5 Å². The van der Waals surface area contributed by atoms with Gasteiger partial charge in [0.15, 0.2) is 5.69 Å². The summed E-state index contributed by atoms with van der Waals surface area (Å²) >= 11 is 0. The predicted molar refractivity (Wildman–Crippen MR) is 109 cm³/mol. The van der Waals surface area contributed by atoms with Gasteiger partial charge in [-0.1, -0.05) is 36.4 Å². The Labute approximate surface area is 167 Å². The third-order valence-electron chi connectivity index (χ3n) is 4.71. The van der Waals surface area contributed by atoms with E-state index in [4.69, 9.17) is 14.5 Å². The van der Waals surface area contributed by atoms with Crippen molar-refractivity contribution in [2.24, 2.45) is 0 Å². The van der Waals surface area contributed by atoms with Crippen LogP contribution >= 0.6 is 0 Å². The van der Waals surface area contributed by atoms with E-state index < -0.39 is 11.7 Å². The number of rotatable bonds is 5. The number of nitrogens with zero attached hydrogens (tertiary/aromatic N) is 3. The van der Waals surface area contributed by atoms with Crippen LogP contribution in [-0.4, -0.2) is 53.4 Å². The normalized spacial score (nSPS) is 14.0. The highest BCUT2D eigenvalue weighted by Gasteiger charge is 2.24. The molecule has 0 radical (unpaired) electrons. The number of nitrogens with one attached hydrogen (secondary N) is 1. The zero-order valence-electron chi connectivity index (χ0n) is 16.1. The largest absolute Gasteiger partial charge is 0.461 e. The first-order valence-corrected chi connectivity index (χ1v) is 9.56. The SMILES string of the molecule is CCOC(=O)c1[nH]c(=O)n(-c2cccc(N3CCOCC3)n2)c1-c1ccccc1. The van der Waals surface area contributed by atoms with Crippen molar-refractivity contribution < 1.29 is 14.3 Å². The van der Waals surface area contributed by atoms with E-state index in [9.17, 15) is 9.59 Å². The number of morpholine rings is 1. The van der Waals surface area contributed by atoms with Crippen LogP contribution in [0.15, 0.2) is 53.3 Å². The molecule has 0 amide bonds. The summed E-state index contributed by atoms with van der Waals surface area (Å²) in [6.45, 7) is 4.68. The lowest BCUT2D eigenvalue weighted by molar-refractivity contribution is 0.0521. The van der Waals surface area contributed by atoms with Crippen LogP contribution in [-0.2, 0) is 9.47 Å². The summed E-state index contributed by atoms with van der Waals surface area (Å²) in [6.07, 6.45) is 0. The van der Waals surface area contributed by atoms with E-state index in [1.807, 2.05) is 42.5 Å². The highest BCUT2D eigenvalue weighted by atomic mass is 16.5. The average Bonchev–Trinajstić information content (AvgIpc) is 3.12. The summed E-state index contributed by atoms with van der Waals surface area (Å²) in [5.74, 6) is 0.617. The Hall–Kier alpha value is -3.39. The van der Waals surface area contributed by atoms with E-state index in [0.717, 1.165) is 18.9 Å². The van der Waals surface area contributed by atoms with Gasteiger partial charge in [0.1, 0.15) is 11.6 Å². The van der Waals surface area contributed by atoms with Crippen LogP contribution in [0, 0.1) is 0 Å². The van der Waals surface area contributed by atoms with E-state index in [1.165, 1.54) is 4.57 Å². The summed E-state index contributed by atoms with van der Waals surface area (Å²) in [5, 5.41) is 0. The van der Waals surface area contributed by atoms with Gasteiger partial charge in [0.25, 0.3) is 0 Å². The smallest absolute Gasteiger partial charge is 0.357 e. The fourth-order valence-corrected chi connectivity index (χ4v) is 3.38. The van der Waals surface area contributed by atoms with Gasteiger partial charge in [-0.3, -0.25) is 4.98 Å². The summed E-state index contributed by atoms with van der Waals surface area (Å²) < 4.78 is 12.0. The molecule has 0 atom stereocenters. The van der Waals surface area contributed by atoms with Crippen LogP contribution < -0.4 is 10.6 Å². The molecule has 1 fully saturated rings. The first kappa shape index (κ1) is 18.9. The number of H-pyrrole nitrogens is 1. The van der Waals surface area contributed by atoms with Crippen LogP contribution in [0.1, 0.15) is 17.4 Å². The summed E-state index contributed by atoms with van der Waals surface area (Å²) in [5.41, 5.74) is 0.813. The van der Waals surface area contributed by atoms with Crippen molar-refractivity contribution in [3.05, 3.63) is 64.7 Å². The highest BCUT2D eigenvalue weighted by Crippen LogP contribution is 2.25. The molecule has 1 saturated heterocycles. The number of imidazole rings is 1. The fourth-order valence-electron chi connectivity index (χ4n) is 3.38. The van der Waals surface area contributed by atoms with E-state index in [2.05, 4.69) is 9.88 Å². The molecular weight excluding hydrogens is 372 g/mol. The molecule has 2 aromatic heterocycles. The van der Waals surface area contributed by atoms with Crippen LogP contribution in [0.25, 0.3) is 17.1 Å². The number of carbonyl (C=O) groups excluding carboxylic acids is 1. The Morgan fingerprint density at radius 2 is 1.83 bits per heavy atom. The zero-order chi connectivity index (χ0) is 20.2. The molecule has 0 unspecified atom stereocenters. The minimum Gasteiger partial charge on any atom is -0.461 e. The van der Waals surface area contributed by atoms with Crippen molar-refractivity contribution in [3.63, 3.8) is 0 Å². The zero-order valence-corrected chi connectivity index (χ0v) is 16.1. The molecule has 1 aliphatic rings. The van der Waals surface area contributed by atoms with Gasteiger partial charge in [0.2, 0.25) is 0 Å². The summed E-state index contributed by atoms with van der Waals surface area (Å²) in [6, 6.07) is 14.8. The van der Waals surface area contributed by atoms with E-state index in [0.29, 0.717) is 30.3 Å². The van der Waals surface area contributed by atoms with E-state index in [1.54, 1.807) is 13.0 Å². The van der Waals surface area contributed by atoms with Crippen LogP contribution in [0.4, 0.5) is 5.82 Å². The molecule has 0 saturated carbocycles. The Morgan fingerprint density at radius 3 is 2.55 bits per heavy atom. The molecule has 0 aliphatic carbocycles. The van der Waals surface area contributed by atoms with Crippen molar-refractivity contribution in [2.75, 3.05) is 37.8 Å². The van der Waals surface area contributed by atoms with Gasteiger partial charge in [-0.25, -0.2) is 19.1 Å². The number of ether oxygens (including phenoxy) is 2. The molecule has 8 nitrogen and oxygen atoms in total. The molecule has 0 bridgehead atoms. The number of anilines is 1. The molecule has 150 valence electrons.